The van der Waals surface area contributed by atoms with Crippen LogP contribution in [0.3, 0.4) is 0 Å². The molecule has 1 aromatic heterocycles. The standard InChI is InChI=1S/C22H20N4O5/c1-31-17(27)13-24-22(30)19-23-12-16(21(29)26-19)20(28)25-18(14-8-4-2-5-9-14)15-10-6-3-7-11-15/h2-12,18H,13H2,1H3,(H,24,30)(H,25,28)(H,23,26,29). The van der Waals surface area contributed by atoms with Crippen LogP contribution in [0.5, 0.6) is 0 Å². The Kier molecular flexibility index (Phi) is 6.89. The van der Waals surface area contributed by atoms with Gasteiger partial charge in [-0.2, -0.15) is 0 Å². The summed E-state index contributed by atoms with van der Waals surface area (Å²) >= 11 is 0. The van der Waals surface area contributed by atoms with Crippen molar-refractivity contribution >= 4 is 17.8 Å². The van der Waals surface area contributed by atoms with Gasteiger partial charge in [0.1, 0.15) is 12.1 Å². The Morgan fingerprint density at radius 1 is 0.968 bits per heavy atom. The third-order valence-electron chi connectivity index (χ3n) is 4.42. The normalized spacial score (nSPS) is 10.4. The maximum absolute atomic E-state index is 12.8. The number of nitrogens with zero attached hydrogens (tertiary/aromatic N) is 1. The summed E-state index contributed by atoms with van der Waals surface area (Å²) in [6, 6.07) is 18.1. The van der Waals surface area contributed by atoms with E-state index in [4.69, 9.17) is 0 Å². The Labute approximate surface area is 177 Å². The first-order valence-corrected chi connectivity index (χ1v) is 9.34. The summed E-state index contributed by atoms with van der Waals surface area (Å²) < 4.78 is 4.42. The third-order valence-corrected chi connectivity index (χ3v) is 4.42. The van der Waals surface area contributed by atoms with Crippen LogP contribution in [0, 0.1) is 0 Å². The van der Waals surface area contributed by atoms with Crippen LogP contribution in [0.1, 0.15) is 38.1 Å². The van der Waals surface area contributed by atoms with Crippen molar-refractivity contribution in [2.75, 3.05) is 13.7 Å². The number of aromatic amines is 1. The fraction of sp³-hybridized carbons (Fsp3) is 0.136. The van der Waals surface area contributed by atoms with Crippen LogP contribution in [0.15, 0.2) is 71.7 Å². The number of rotatable bonds is 7. The molecule has 9 heteroatoms. The molecular weight excluding hydrogens is 400 g/mol. The van der Waals surface area contributed by atoms with Crippen molar-refractivity contribution in [1.29, 1.82) is 0 Å². The van der Waals surface area contributed by atoms with E-state index in [2.05, 4.69) is 25.3 Å². The van der Waals surface area contributed by atoms with Gasteiger partial charge < -0.3 is 20.4 Å². The SMILES string of the molecule is COC(=O)CNC(=O)c1ncc(C(=O)NC(c2ccccc2)c2ccccc2)c(=O)[nH]1. The van der Waals surface area contributed by atoms with Crippen molar-refractivity contribution in [1.82, 2.24) is 20.6 Å². The highest BCUT2D eigenvalue weighted by Gasteiger charge is 2.21. The molecule has 158 valence electrons. The molecule has 3 N–H and O–H groups in total. The molecule has 0 saturated carbocycles. The highest BCUT2D eigenvalue weighted by Crippen LogP contribution is 2.22. The van der Waals surface area contributed by atoms with Crippen LogP contribution < -0.4 is 16.2 Å². The Morgan fingerprint density at radius 2 is 1.55 bits per heavy atom. The number of benzene rings is 2. The van der Waals surface area contributed by atoms with Gasteiger partial charge >= 0.3 is 5.97 Å². The lowest BCUT2D eigenvalue weighted by Crippen LogP contribution is -2.36. The van der Waals surface area contributed by atoms with Gasteiger partial charge in [-0.3, -0.25) is 19.2 Å². The zero-order valence-corrected chi connectivity index (χ0v) is 16.6. The van der Waals surface area contributed by atoms with Crippen molar-refractivity contribution in [3.63, 3.8) is 0 Å². The van der Waals surface area contributed by atoms with Crippen LogP contribution in [-0.4, -0.2) is 41.4 Å². The Balaban J connectivity index is 1.80. The van der Waals surface area contributed by atoms with E-state index in [1.54, 1.807) is 0 Å². The predicted octanol–water partition coefficient (Wildman–Crippen LogP) is 1.19. The maximum atomic E-state index is 12.8. The summed E-state index contributed by atoms with van der Waals surface area (Å²) in [4.78, 5) is 54.4. The number of amides is 2. The molecular formula is C22H20N4O5. The second-order valence-electron chi connectivity index (χ2n) is 6.46. The smallest absolute Gasteiger partial charge is 0.325 e. The minimum Gasteiger partial charge on any atom is -0.468 e. The molecule has 0 aliphatic heterocycles. The predicted molar refractivity (Wildman–Crippen MR) is 111 cm³/mol. The molecule has 0 saturated heterocycles. The van der Waals surface area contributed by atoms with Gasteiger partial charge in [-0.05, 0) is 11.1 Å². The number of H-pyrrole nitrogens is 1. The average molecular weight is 420 g/mol. The summed E-state index contributed by atoms with van der Waals surface area (Å²) in [5.74, 6) is -2.40. The highest BCUT2D eigenvalue weighted by atomic mass is 16.5. The first-order valence-electron chi connectivity index (χ1n) is 9.34. The zero-order chi connectivity index (χ0) is 22.2. The number of ether oxygens (including phenoxy) is 1. The molecule has 0 bridgehead atoms. The molecule has 0 unspecified atom stereocenters. The highest BCUT2D eigenvalue weighted by molar-refractivity contribution is 5.95. The molecule has 0 fully saturated rings. The van der Waals surface area contributed by atoms with E-state index in [0.717, 1.165) is 17.3 Å². The summed E-state index contributed by atoms with van der Waals surface area (Å²) in [6.45, 7) is -0.378. The van der Waals surface area contributed by atoms with Crippen LogP contribution >= 0.6 is 0 Å². The molecule has 0 spiro atoms. The molecule has 31 heavy (non-hydrogen) atoms. The fourth-order valence-electron chi connectivity index (χ4n) is 2.84. The second-order valence-corrected chi connectivity index (χ2v) is 6.46. The quantitative estimate of drug-likeness (QED) is 0.492. The van der Waals surface area contributed by atoms with E-state index >= 15 is 0 Å². The maximum Gasteiger partial charge on any atom is 0.325 e. The Morgan fingerprint density at radius 3 is 2.06 bits per heavy atom. The van der Waals surface area contributed by atoms with Gasteiger partial charge in [0.25, 0.3) is 17.4 Å². The number of carbonyl (C=O) groups excluding carboxylic acids is 3. The molecule has 2 aromatic carbocycles. The van der Waals surface area contributed by atoms with Crippen LogP contribution in [0.4, 0.5) is 0 Å². The summed E-state index contributed by atoms with van der Waals surface area (Å²) in [5, 5.41) is 5.10. The first-order chi connectivity index (χ1) is 15.0. The lowest BCUT2D eigenvalue weighted by molar-refractivity contribution is -0.139. The number of hydrogen-bond acceptors (Lipinski definition) is 6. The molecule has 2 amide bonds. The Hall–Kier alpha value is -4.27. The number of esters is 1. The minimum absolute atomic E-state index is 0.249. The fourth-order valence-corrected chi connectivity index (χ4v) is 2.84. The minimum atomic E-state index is -0.782. The third kappa shape index (κ3) is 5.41. The second kappa shape index (κ2) is 9.97. The van der Waals surface area contributed by atoms with E-state index in [9.17, 15) is 19.2 Å². The topological polar surface area (TPSA) is 130 Å². The zero-order valence-electron chi connectivity index (χ0n) is 16.6. The van der Waals surface area contributed by atoms with Crippen LogP contribution in [0.25, 0.3) is 0 Å². The van der Waals surface area contributed by atoms with Gasteiger partial charge in [0.15, 0.2) is 5.82 Å². The number of hydrogen-bond donors (Lipinski definition) is 3. The van der Waals surface area contributed by atoms with Crippen LogP contribution in [0.2, 0.25) is 0 Å². The molecule has 0 aliphatic rings. The van der Waals surface area contributed by atoms with Crippen molar-refractivity contribution in [3.8, 4) is 0 Å². The van der Waals surface area contributed by atoms with E-state index < -0.39 is 29.4 Å². The van der Waals surface area contributed by atoms with E-state index in [1.807, 2.05) is 60.7 Å². The molecule has 3 rings (SSSR count). The summed E-state index contributed by atoms with van der Waals surface area (Å²) in [6.07, 6.45) is 1.02. The molecule has 1 heterocycles. The van der Waals surface area contributed by atoms with Gasteiger partial charge in [0.05, 0.1) is 13.2 Å². The monoisotopic (exact) mass is 420 g/mol. The summed E-state index contributed by atoms with van der Waals surface area (Å²) in [5.41, 5.74) is 0.646. The van der Waals surface area contributed by atoms with E-state index in [1.165, 1.54) is 7.11 Å². The number of carbonyl (C=O) groups is 3. The molecule has 0 atom stereocenters. The first kappa shape index (κ1) is 21.4. The van der Waals surface area contributed by atoms with Gasteiger partial charge in [-0.1, -0.05) is 60.7 Å². The van der Waals surface area contributed by atoms with Crippen molar-refractivity contribution in [3.05, 3.63) is 99.7 Å². The number of methoxy groups -OCH3 is 1. The Bertz CT molecular complexity index is 1090. The molecule has 9 nitrogen and oxygen atoms in total. The lowest BCUT2D eigenvalue weighted by atomic mass is 9.98. The summed E-state index contributed by atoms with van der Waals surface area (Å²) in [7, 11) is 1.18. The van der Waals surface area contributed by atoms with Crippen molar-refractivity contribution < 1.29 is 19.1 Å². The molecule has 0 radical (unpaired) electrons. The lowest BCUT2D eigenvalue weighted by Gasteiger charge is -2.19. The van der Waals surface area contributed by atoms with Crippen LogP contribution in [-0.2, 0) is 9.53 Å². The number of nitrogens with one attached hydrogen (secondary N) is 3. The van der Waals surface area contributed by atoms with Gasteiger partial charge in [-0.25, -0.2) is 4.98 Å². The van der Waals surface area contributed by atoms with E-state index in [-0.39, 0.29) is 17.9 Å². The van der Waals surface area contributed by atoms with Crippen molar-refractivity contribution in [2.24, 2.45) is 0 Å². The average Bonchev–Trinajstić information content (AvgIpc) is 2.81. The van der Waals surface area contributed by atoms with Gasteiger partial charge in [-0.15, -0.1) is 0 Å². The number of aromatic nitrogens is 2. The largest absolute Gasteiger partial charge is 0.468 e. The van der Waals surface area contributed by atoms with E-state index in [0.29, 0.717) is 0 Å². The van der Waals surface area contributed by atoms with Gasteiger partial charge in [0.2, 0.25) is 0 Å². The van der Waals surface area contributed by atoms with Gasteiger partial charge in [0, 0.05) is 6.20 Å². The molecule has 0 aliphatic carbocycles. The van der Waals surface area contributed by atoms with Crippen molar-refractivity contribution in [2.45, 2.75) is 6.04 Å². The molecule has 3 aromatic rings.